The Hall–Kier alpha value is -2.02. The molecule has 1 N–H and O–H groups in total. The summed E-state index contributed by atoms with van der Waals surface area (Å²) < 4.78 is 5.76. The first kappa shape index (κ1) is 12.4. The Morgan fingerprint density at radius 2 is 2.28 bits per heavy atom. The average Bonchev–Trinajstić information content (AvgIpc) is 2.58. The largest absolute Gasteiger partial charge is 0.480 e. The van der Waals surface area contributed by atoms with Crippen LogP contribution < -0.4 is 10.1 Å². The van der Waals surface area contributed by atoms with Crippen LogP contribution in [0.1, 0.15) is 30.4 Å². The molecule has 1 fully saturated rings. The minimum atomic E-state index is -0.444. The standard InChI is InChI=1S/C14H16N2O2/c1-10-5-6-11(9-15)8-13(10)18-12-4-2-3-7-16-14(12)17/h5-6,8,12H,2-4,7H2,1H3,(H,16,17). The molecule has 94 valence electrons. The second-order valence-corrected chi connectivity index (χ2v) is 4.49. The first-order valence-corrected chi connectivity index (χ1v) is 6.16. The Balaban J connectivity index is 2.17. The van der Waals surface area contributed by atoms with Crippen LogP contribution in [0.2, 0.25) is 0 Å². The van der Waals surface area contributed by atoms with Crippen molar-refractivity contribution in [2.45, 2.75) is 32.3 Å². The SMILES string of the molecule is Cc1ccc(C#N)cc1OC1CCCCNC1=O. The van der Waals surface area contributed by atoms with Gasteiger partial charge in [0.1, 0.15) is 5.75 Å². The quantitative estimate of drug-likeness (QED) is 0.864. The second kappa shape index (κ2) is 5.54. The highest BCUT2D eigenvalue weighted by Crippen LogP contribution is 2.22. The molecule has 0 bridgehead atoms. The first-order valence-electron chi connectivity index (χ1n) is 6.16. The van der Waals surface area contributed by atoms with Gasteiger partial charge in [0.05, 0.1) is 11.6 Å². The van der Waals surface area contributed by atoms with Crippen molar-refractivity contribution < 1.29 is 9.53 Å². The summed E-state index contributed by atoms with van der Waals surface area (Å²) in [6.45, 7) is 2.63. The van der Waals surface area contributed by atoms with E-state index in [1.807, 2.05) is 13.0 Å². The number of nitriles is 1. The third-order valence-electron chi connectivity index (χ3n) is 3.07. The van der Waals surface area contributed by atoms with Gasteiger partial charge in [-0.25, -0.2) is 0 Å². The molecule has 1 amide bonds. The van der Waals surface area contributed by atoms with E-state index in [0.717, 1.165) is 31.4 Å². The minimum Gasteiger partial charge on any atom is -0.480 e. The predicted molar refractivity (Wildman–Crippen MR) is 67.2 cm³/mol. The van der Waals surface area contributed by atoms with Gasteiger partial charge in [-0.3, -0.25) is 4.79 Å². The van der Waals surface area contributed by atoms with Gasteiger partial charge >= 0.3 is 0 Å². The summed E-state index contributed by atoms with van der Waals surface area (Å²) in [5.74, 6) is 0.561. The van der Waals surface area contributed by atoms with Crippen molar-refractivity contribution in [3.05, 3.63) is 29.3 Å². The average molecular weight is 244 g/mol. The molecule has 0 aromatic heterocycles. The van der Waals surface area contributed by atoms with E-state index in [2.05, 4.69) is 11.4 Å². The van der Waals surface area contributed by atoms with Crippen LogP contribution in [0.5, 0.6) is 5.75 Å². The highest BCUT2D eigenvalue weighted by molar-refractivity contribution is 5.81. The van der Waals surface area contributed by atoms with E-state index in [1.165, 1.54) is 0 Å². The smallest absolute Gasteiger partial charge is 0.261 e. The summed E-state index contributed by atoms with van der Waals surface area (Å²) in [6.07, 6.45) is 2.24. The van der Waals surface area contributed by atoms with Crippen molar-refractivity contribution in [1.29, 1.82) is 5.26 Å². The first-order chi connectivity index (χ1) is 8.70. The Morgan fingerprint density at radius 1 is 1.44 bits per heavy atom. The van der Waals surface area contributed by atoms with Gasteiger partial charge in [0.25, 0.3) is 5.91 Å². The predicted octanol–water partition coefficient (Wildman–Crippen LogP) is 1.91. The molecular formula is C14H16N2O2. The van der Waals surface area contributed by atoms with E-state index >= 15 is 0 Å². The zero-order chi connectivity index (χ0) is 13.0. The van der Waals surface area contributed by atoms with Crippen molar-refractivity contribution in [3.63, 3.8) is 0 Å². The summed E-state index contributed by atoms with van der Waals surface area (Å²) in [4.78, 5) is 11.8. The van der Waals surface area contributed by atoms with E-state index in [1.54, 1.807) is 12.1 Å². The molecule has 0 aliphatic carbocycles. The van der Waals surface area contributed by atoms with Crippen LogP contribution in [-0.4, -0.2) is 18.6 Å². The molecule has 0 radical (unpaired) electrons. The van der Waals surface area contributed by atoms with Gasteiger partial charge in [-0.2, -0.15) is 5.26 Å². The Labute approximate surface area is 107 Å². The van der Waals surface area contributed by atoms with Crippen LogP contribution in [-0.2, 0) is 4.79 Å². The molecule has 1 heterocycles. The molecule has 0 spiro atoms. The fraction of sp³-hybridized carbons (Fsp3) is 0.429. The van der Waals surface area contributed by atoms with E-state index < -0.39 is 6.10 Å². The van der Waals surface area contributed by atoms with Crippen LogP contribution in [0.25, 0.3) is 0 Å². The molecule has 4 heteroatoms. The number of ether oxygens (including phenoxy) is 1. The lowest BCUT2D eigenvalue weighted by Crippen LogP contribution is -2.36. The lowest BCUT2D eigenvalue weighted by molar-refractivity contribution is -0.127. The number of hydrogen-bond donors (Lipinski definition) is 1. The fourth-order valence-electron chi connectivity index (χ4n) is 1.97. The molecule has 1 atom stereocenters. The number of aryl methyl sites for hydroxylation is 1. The number of amides is 1. The van der Waals surface area contributed by atoms with Crippen molar-refractivity contribution in [2.75, 3.05) is 6.54 Å². The second-order valence-electron chi connectivity index (χ2n) is 4.49. The van der Waals surface area contributed by atoms with Gasteiger partial charge in [0, 0.05) is 6.54 Å². The van der Waals surface area contributed by atoms with E-state index in [9.17, 15) is 4.79 Å². The third-order valence-corrected chi connectivity index (χ3v) is 3.07. The van der Waals surface area contributed by atoms with Crippen molar-refractivity contribution >= 4 is 5.91 Å². The van der Waals surface area contributed by atoms with E-state index in [0.29, 0.717) is 11.3 Å². The maximum atomic E-state index is 11.8. The highest BCUT2D eigenvalue weighted by atomic mass is 16.5. The van der Waals surface area contributed by atoms with Crippen molar-refractivity contribution in [3.8, 4) is 11.8 Å². The van der Waals surface area contributed by atoms with Crippen LogP contribution in [0, 0.1) is 18.3 Å². The molecule has 4 nitrogen and oxygen atoms in total. The maximum Gasteiger partial charge on any atom is 0.261 e. The Bertz CT molecular complexity index is 491. The lowest BCUT2D eigenvalue weighted by atomic mass is 10.1. The van der Waals surface area contributed by atoms with Crippen LogP contribution in [0.4, 0.5) is 0 Å². The van der Waals surface area contributed by atoms with Crippen LogP contribution in [0.3, 0.4) is 0 Å². The summed E-state index contributed by atoms with van der Waals surface area (Å²) in [5.41, 5.74) is 1.48. The zero-order valence-corrected chi connectivity index (χ0v) is 10.4. The van der Waals surface area contributed by atoms with Gasteiger partial charge in [-0.1, -0.05) is 6.07 Å². The molecule has 1 unspecified atom stereocenters. The number of rotatable bonds is 2. The number of nitrogens with one attached hydrogen (secondary N) is 1. The summed E-state index contributed by atoms with van der Waals surface area (Å²) in [7, 11) is 0. The molecule has 1 saturated heterocycles. The van der Waals surface area contributed by atoms with E-state index in [4.69, 9.17) is 10.00 Å². The maximum absolute atomic E-state index is 11.8. The van der Waals surface area contributed by atoms with Crippen LogP contribution in [0.15, 0.2) is 18.2 Å². The summed E-state index contributed by atoms with van der Waals surface area (Å²) in [6, 6.07) is 7.34. The van der Waals surface area contributed by atoms with Crippen LogP contribution >= 0.6 is 0 Å². The van der Waals surface area contributed by atoms with Gasteiger partial charge in [-0.05, 0) is 43.9 Å². The number of benzene rings is 1. The Kier molecular flexibility index (Phi) is 3.83. The number of carbonyl (C=O) groups excluding carboxylic acids is 1. The summed E-state index contributed by atoms with van der Waals surface area (Å²) >= 11 is 0. The van der Waals surface area contributed by atoms with Gasteiger partial charge in [0.2, 0.25) is 0 Å². The summed E-state index contributed by atoms with van der Waals surface area (Å²) in [5, 5.41) is 11.7. The van der Waals surface area contributed by atoms with Crippen molar-refractivity contribution in [1.82, 2.24) is 5.32 Å². The normalized spacial score (nSPS) is 19.6. The third kappa shape index (κ3) is 2.80. The Morgan fingerprint density at radius 3 is 3.06 bits per heavy atom. The fourth-order valence-corrected chi connectivity index (χ4v) is 1.97. The number of carbonyl (C=O) groups is 1. The topological polar surface area (TPSA) is 62.1 Å². The molecule has 1 aliphatic rings. The molecule has 18 heavy (non-hydrogen) atoms. The van der Waals surface area contributed by atoms with Crippen molar-refractivity contribution in [2.24, 2.45) is 0 Å². The lowest BCUT2D eigenvalue weighted by Gasteiger charge is -2.17. The number of hydrogen-bond acceptors (Lipinski definition) is 3. The molecular weight excluding hydrogens is 228 g/mol. The van der Waals surface area contributed by atoms with Gasteiger partial charge in [0.15, 0.2) is 6.10 Å². The van der Waals surface area contributed by atoms with E-state index in [-0.39, 0.29) is 5.91 Å². The zero-order valence-electron chi connectivity index (χ0n) is 10.4. The highest BCUT2D eigenvalue weighted by Gasteiger charge is 2.22. The molecule has 0 saturated carbocycles. The van der Waals surface area contributed by atoms with Gasteiger partial charge < -0.3 is 10.1 Å². The monoisotopic (exact) mass is 244 g/mol. The molecule has 2 rings (SSSR count). The molecule has 1 aromatic carbocycles. The molecule has 1 aromatic rings. The molecule has 1 aliphatic heterocycles. The minimum absolute atomic E-state index is 0.0609. The number of nitrogens with zero attached hydrogens (tertiary/aromatic N) is 1. The van der Waals surface area contributed by atoms with Gasteiger partial charge in [-0.15, -0.1) is 0 Å².